The van der Waals surface area contributed by atoms with E-state index in [-0.39, 0.29) is 6.42 Å². The third-order valence-electron chi connectivity index (χ3n) is 4.36. The molecule has 4 nitrogen and oxygen atoms in total. The van der Waals surface area contributed by atoms with Gasteiger partial charge in [-0.05, 0) is 25.0 Å². The predicted molar refractivity (Wildman–Crippen MR) is 106 cm³/mol. The molecule has 1 aliphatic rings. The molecule has 1 aromatic carbocycles. The summed E-state index contributed by atoms with van der Waals surface area (Å²) in [5, 5.41) is 11.1. The van der Waals surface area contributed by atoms with Crippen LogP contribution >= 0.6 is 31.9 Å². The zero-order valence-electron chi connectivity index (χ0n) is 14.5. The summed E-state index contributed by atoms with van der Waals surface area (Å²) >= 11 is 6.79. The van der Waals surface area contributed by atoms with Crippen molar-refractivity contribution in [3.05, 3.63) is 38.8 Å². The number of carbonyl (C=O) groups is 2. The van der Waals surface area contributed by atoms with Gasteiger partial charge in [-0.1, -0.05) is 70.2 Å². The number of allylic oxidation sites excluding steroid dienone is 1. The molecule has 0 saturated carbocycles. The highest BCUT2D eigenvalue weighted by molar-refractivity contribution is 9.11. The van der Waals surface area contributed by atoms with Gasteiger partial charge in [0.05, 0.1) is 5.69 Å². The topological polar surface area (TPSA) is 57.6 Å². The Hall–Kier alpha value is -0.980. The maximum Gasteiger partial charge on any atom is 0.270 e. The Morgan fingerprint density at radius 2 is 1.96 bits per heavy atom. The van der Waals surface area contributed by atoms with Crippen molar-refractivity contribution in [3.8, 4) is 0 Å². The van der Waals surface area contributed by atoms with E-state index in [9.17, 15) is 14.7 Å². The normalized spacial score (nSPS) is 19.7. The summed E-state index contributed by atoms with van der Waals surface area (Å²) in [4.78, 5) is 25.8. The van der Waals surface area contributed by atoms with Crippen molar-refractivity contribution in [2.75, 3.05) is 4.90 Å². The third-order valence-corrected chi connectivity index (χ3v) is 5.45. The van der Waals surface area contributed by atoms with E-state index >= 15 is 0 Å². The molecule has 0 unspecified atom stereocenters. The molecule has 1 N–H and O–H groups in total. The number of anilines is 1. The lowest BCUT2D eigenvalue weighted by Crippen LogP contribution is -2.42. The van der Waals surface area contributed by atoms with Crippen LogP contribution in [0.15, 0.2) is 33.2 Å². The fraction of sp³-hybridized carbons (Fsp3) is 0.474. The number of rotatable bonds is 7. The van der Waals surface area contributed by atoms with E-state index in [0.29, 0.717) is 15.7 Å². The number of hydrogen-bond donors (Lipinski definition) is 1. The number of hydrogen-bond acceptors (Lipinski definition) is 3. The SMILES string of the molecule is CCCCCC/C=C/C[C@]1(O)C(=O)N(C(C)=O)c2cc(Br)cc(Br)c21. The zero-order chi connectivity index (χ0) is 18.6. The minimum absolute atomic E-state index is 0.149. The maximum atomic E-state index is 12.8. The lowest BCUT2D eigenvalue weighted by molar-refractivity contribution is -0.138. The quantitative estimate of drug-likeness (QED) is 0.437. The highest BCUT2D eigenvalue weighted by Crippen LogP contribution is 2.47. The van der Waals surface area contributed by atoms with Gasteiger partial charge < -0.3 is 5.11 Å². The molecule has 1 aromatic rings. The molecular formula is C19H23Br2NO3. The van der Waals surface area contributed by atoms with Crippen molar-refractivity contribution in [2.45, 2.75) is 58.0 Å². The van der Waals surface area contributed by atoms with E-state index in [0.717, 1.165) is 22.2 Å². The van der Waals surface area contributed by atoms with Crippen molar-refractivity contribution >= 4 is 49.4 Å². The highest BCUT2D eigenvalue weighted by atomic mass is 79.9. The lowest BCUT2D eigenvalue weighted by Gasteiger charge is -2.21. The molecule has 0 aromatic heterocycles. The second kappa shape index (κ2) is 8.60. The zero-order valence-corrected chi connectivity index (χ0v) is 17.7. The van der Waals surface area contributed by atoms with Gasteiger partial charge in [0.1, 0.15) is 0 Å². The van der Waals surface area contributed by atoms with Crippen LogP contribution in [0.3, 0.4) is 0 Å². The van der Waals surface area contributed by atoms with Gasteiger partial charge in [-0.15, -0.1) is 0 Å². The summed E-state index contributed by atoms with van der Waals surface area (Å²) in [5.41, 5.74) is -0.843. The van der Waals surface area contributed by atoms with Crippen LogP contribution in [0.2, 0.25) is 0 Å². The predicted octanol–water partition coefficient (Wildman–Crippen LogP) is 5.21. The molecule has 0 spiro atoms. The minimum Gasteiger partial charge on any atom is -0.375 e. The van der Waals surface area contributed by atoms with E-state index in [1.165, 1.54) is 26.2 Å². The van der Waals surface area contributed by atoms with E-state index in [1.54, 1.807) is 12.1 Å². The molecule has 2 amide bonds. The molecule has 25 heavy (non-hydrogen) atoms. The molecule has 0 saturated heterocycles. The number of nitrogens with zero attached hydrogens (tertiary/aromatic N) is 1. The van der Waals surface area contributed by atoms with E-state index in [4.69, 9.17) is 0 Å². The van der Waals surface area contributed by atoms with Crippen LogP contribution in [-0.2, 0) is 15.2 Å². The Morgan fingerprint density at radius 3 is 2.60 bits per heavy atom. The van der Waals surface area contributed by atoms with Gasteiger partial charge in [0.25, 0.3) is 5.91 Å². The van der Waals surface area contributed by atoms with Crippen LogP contribution in [0.4, 0.5) is 5.69 Å². The second-order valence-corrected chi connectivity index (χ2v) is 8.10. The van der Waals surface area contributed by atoms with E-state index in [1.807, 2.05) is 12.2 Å². The van der Waals surface area contributed by atoms with Gasteiger partial charge in [0.2, 0.25) is 5.91 Å². The smallest absolute Gasteiger partial charge is 0.270 e. The van der Waals surface area contributed by atoms with Crippen molar-refractivity contribution in [1.82, 2.24) is 0 Å². The molecule has 2 rings (SSSR count). The largest absolute Gasteiger partial charge is 0.375 e. The number of unbranched alkanes of at least 4 members (excludes halogenated alkanes) is 4. The molecular weight excluding hydrogens is 450 g/mol. The van der Waals surface area contributed by atoms with Gasteiger partial charge in [-0.25, -0.2) is 4.90 Å². The first kappa shape index (κ1) is 20.3. The summed E-state index contributed by atoms with van der Waals surface area (Å²) in [7, 11) is 0. The molecule has 0 bridgehead atoms. The van der Waals surface area contributed by atoms with Crippen molar-refractivity contribution in [2.24, 2.45) is 0 Å². The first-order chi connectivity index (χ1) is 11.8. The Balaban J connectivity index is 2.24. The van der Waals surface area contributed by atoms with Gasteiger partial charge in [-0.3, -0.25) is 9.59 Å². The summed E-state index contributed by atoms with van der Waals surface area (Å²) < 4.78 is 1.33. The van der Waals surface area contributed by atoms with E-state index < -0.39 is 17.4 Å². The average Bonchev–Trinajstić information content (AvgIpc) is 2.74. The van der Waals surface area contributed by atoms with Crippen LogP contribution in [-0.4, -0.2) is 16.9 Å². The molecule has 0 aliphatic carbocycles. The third kappa shape index (κ3) is 4.23. The number of amides is 2. The van der Waals surface area contributed by atoms with Crippen molar-refractivity contribution < 1.29 is 14.7 Å². The van der Waals surface area contributed by atoms with Crippen LogP contribution in [0, 0.1) is 0 Å². The Bertz CT molecular complexity index is 702. The second-order valence-electron chi connectivity index (χ2n) is 6.33. The van der Waals surface area contributed by atoms with E-state index in [2.05, 4.69) is 38.8 Å². The number of carbonyl (C=O) groups excluding carboxylic acids is 2. The molecule has 136 valence electrons. The number of benzene rings is 1. The average molecular weight is 473 g/mol. The van der Waals surface area contributed by atoms with Gasteiger partial charge in [0, 0.05) is 27.9 Å². The molecule has 1 atom stereocenters. The van der Waals surface area contributed by atoms with Gasteiger partial charge >= 0.3 is 0 Å². The Kier molecular flexibility index (Phi) is 7.00. The first-order valence-corrected chi connectivity index (χ1v) is 10.1. The monoisotopic (exact) mass is 471 g/mol. The summed E-state index contributed by atoms with van der Waals surface area (Å²) in [6.07, 6.45) is 9.62. The number of halogens is 2. The fourth-order valence-electron chi connectivity index (χ4n) is 3.11. The molecule has 6 heteroatoms. The standard InChI is InChI=1S/C19H23Br2NO3/c1-3-4-5-6-7-8-9-10-19(25)17-15(21)11-14(20)12-16(17)22(13(2)23)18(19)24/h8-9,11-12,25H,3-7,10H2,1-2H3/b9-8+/t19-/m1/s1. The molecule has 1 aliphatic heterocycles. The summed E-state index contributed by atoms with van der Waals surface area (Å²) in [6, 6.07) is 3.46. The Morgan fingerprint density at radius 1 is 1.24 bits per heavy atom. The van der Waals surface area contributed by atoms with Crippen LogP contribution in [0.5, 0.6) is 0 Å². The molecule has 0 radical (unpaired) electrons. The maximum absolute atomic E-state index is 12.8. The van der Waals surface area contributed by atoms with Crippen LogP contribution in [0.25, 0.3) is 0 Å². The first-order valence-electron chi connectivity index (χ1n) is 8.55. The van der Waals surface area contributed by atoms with Crippen molar-refractivity contribution in [3.63, 3.8) is 0 Å². The fourth-order valence-corrected chi connectivity index (χ4v) is 4.64. The summed E-state index contributed by atoms with van der Waals surface area (Å²) in [5.74, 6) is -1.000. The number of imide groups is 1. The van der Waals surface area contributed by atoms with Gasteiger partial charge in [-0.2, -0.15) is 0 Å². The minimum atomic E-state index is -1.72. The van der Waals surface area contributed by atoms with Crippen molar-refractivity contribution in [1.29, 1.82) is 0 Å². The van der Waals surface area contributed by atoms with Crippen LogP contribution in [0.1, 0.15) is 57.9 Å². The van der Waals surface area contributed by atoms with Gasteiger partial charge in [0.15, 0.2) is 5.60 Å². The number of fused-ring (bicyclic) bond motifs is 1. The summed E-state index contributed by atoms with van der Waals surface area (Å²) in [6.45, 7) is 3.50. The highest BCUT2D eigenvalue weighted by Gasteiger charge is 2.51. The molecule has 1 heterocycles. The lowest BCUT2D eigenvalue weighted by atomic mass is 9.91. The van der Waals surface area contributed by atoms with Crippen LogP contribution < -0.4 is 4.90 Å². The molecule has 0 fully saturated rings. The Labute approximate surface area is 165 Å². The number of aliphatic hydroxyl groups is 1.